The van der Waals surface area contributed by atoms with Crippen molar-refractivity contribution in [3.05, 3.63) is 36.0 Å². The van der Waals surface area contributed by atoms with Gasteiger partial charge in [0, 0.05) is 30.1 Å². The number of carboxylic acids is 1. The van der Waals surface area contributed by atoms with Crippen LogP contribution in [0.3, 0.4) is 0 Å². The Morgan fingerprint density at radius 1 is 0.976 bits per heavy atom. The van der Waals surface area contributed by atoms with Crippen molar-refractivity contribution in [2.24, 2.45) is 34.0 Å². The van der Waals surface area contributed by atoms with Crippen LogP contribution in [0.5, 0.6) is 0 Å². The van der Waals surface area contributed by atoms with E-state index in [2.05, 4.69) is 25.9 Å². The zero-order chi connectivity index (χ0) is 30.7. The van der Waals surface area contributed by atoms with E-state index in [0.29, 0.717) is 12.8 Å². The number of nitrogens with one attached hydrogen (secondary N) is 4. The Kier molecular flexibility index (Phi) is 12.6. The van der Waals surface area contributed by atoms with Gasteiger partial charge in [-0.1, -0.05) is 52.3 Å². The van der Waals surface area contributed by atoms with E-state index >= 15 is 0 Å². The maximum Gasteiger partial charge on any atom is 0.326 e. The molecule has 0 aliphatic heterocycles. The molecule has 1 heterocycles. The molecule has 0 aliphatic carbocycles. The molecular weight excluding hydrogens is 528 g/mol. The predicted molar refractivity (Wildman–Crippen MR) is 158 cm³/mol. The number of hydrogen-bond donors (Lipinski definition) is 8. The highest BCUT2D eigenvalue weighted by Gasteiger charge is 2.32. The third kappa shape index (κ3) is 9.78. The van der Waals surface area contributed by atoms with E-state index in [1.54, 1.807) is 27.0 Å². The third-order valence-corrected chi connectivity index (χ3v) is 7.11. The van der Waals surface area contributed by atoms with Crippen LogP contribution in [0.2, 0.25) is 0 Å². The topological polar surface area (TPSA) is 231 Å². The molecule has 11 N–H and O–H groups in total. The molecule has 5 atom stereocenters. The summed E-state index contributed by atoms with van der Waals surface area (Å²) >= 11 is 0. The Morgan fingerprint density at radius 2 is 1.61 bits per heavy atom. The largest absolute Gasteiger partial charge is 0.480 e. The summed E-state index contributed by atoms with van der Waals surface area (Å²) < 4.78 is 0. The first-order valence-electron chi connectivity index (χ1n) is 13.9. The first-order valence-corrected chi connectivity index (χ1v) is 13.9. The van der Waals surface area contributed by atoms with Gasteiger partial charge in [-0.3, -0.25) is 19.4 Å². The number of amides is 3. The second kappa shape index (κ2) is 15.6. The van der Waals surface area contributed by atoms with Crippen molar-refractivity contribution in [2.45, 2.75) is 77.5 Å². The van der Waals surface area contributed by atoms with Gasteiger partial charge in [-0.25, -0.2) is 4.79 Å². The molecule has 1 aromatic carbocycles. The van der Waals surface area contributed by atoms with Crippen LogP contribution in [-0.2, 0) is 25.6 Å². The van der Waals surface area contributed by atoms with E-state index in [1.165, 1.54) is 0 Å². The Hall–Kier alpha value is -4.13. The number of carbonyl (C=O) groups excluding carboxylic acids is 3. The molecule has 1 aromatic heterocycles. The normalized spacial score (nSPS) is 14.9. The number of aromatic nitrogens is 1. The summed E-state index contributed by atoms with van der Waals surface area (Å²) in [4.78, 5) is 58.8. The van der Waals surface area contributed by atoms with Gasteiger partial charge in [-0.2, -0.15) is 0 Å². The van der Waals surface area contributed by atoms with Gasteiger partial charge in [0.15, 0.2) is 5.96 Å². The molecule has 2 rings (SSSR count). The average Bonchev–Trinajstić information content (AvgIpc) is 3.34. The standard InChI is InChI=1S/C28H44N8O5/c1-5-16(4)23(27(40)41)36-24(37)20(11-8-12-32-28(30)31)34-25(38)21(35-26(39)22(29)15(2)3)13-17-14-33-19-10-7-6-9-18(17)19/h6-7,9-10,14-16,20-23,33H,5,8,11-13,29H2,1-4H3,(H,34,38)(H,35,39)(H,36,37)(H,40,41)(H4,30,31,32). The van der Waals surface area contributed by atoms with Gasteiger partial charge in [0.1, 0.15) is 18.1 Å². The highest BCUT2D eigenvalue weighted by Crippen LogP contribution is 2.19. The van der Waals surface area contributed by atoms with E-state index in [1.807, 2.05) is 31.2 Å². The van der Waals surface area contributed by atoms with Gasteiger partial charge >= 0.3 is 5.97 Å². The van der Waals surface area contributed by atoms with Gasteiger partial charge < -0.3 is 43.2 Å². The van der Waals surface area contributed by atoms with Crippen molar-refractivity contribution >= 4 is 40.6 Å². The Morgan fingerprint density at radius 3 is 2.22 bits per heavy atom. The minimum atomic E-state index is -1.18. The summed E-state index contributed by atoms with van der Waals surface area (Å²) in [5.74, 6) is -3.58. The summed E-state index contributed by atoms with van der Waals surface area (Å²) in [6.07, 6.45) is 2.87. The number of rotatable bonds is 16. The number of nitrogens with two attached hydrogens (primary N) is 3. The van der Waals surface area contributed by atoms with Crippen LogP contribution in [-0.4, -0.2) is 70.5 Å². The molecule has 2 aromatic rings. The zero-order valence-corrected chi connectivity index (χ0v) is 24.1. The van der Waals surface area contributed by atoms with Crippen LogP contribution in [0.4, 0.5) is 0 Å². The smallest absolute Gasteiger partial charge is 0.326 e. The predicted octanol–water partition coefficient (Wildman–Crippen LogP) is 0.332. The lowest BCUT2D eigenvalue weighted by Gasteiger charge is -2.27. The molecule has 0 radical (unpaired) electrons. The molecule has 13 nitrogen and oxygen atoms in total. The molecule has 0 spiro atoms. The molecule has 3 amide bonds. The molecule has 5 unspecified atom stereocenters. The van der Waals surface area contributed by atoms with E-state index in [9.17, 15) is 24.3 Å². The molecule has 13 heteroatoms. The highest BCUT2D eigenvalue weighted by molar-refractivity contribution is 5.95. The van der Waals surface area contributed by atoms with Crippen LogP contribution in [0.1, 0.15) is 52.5 Å². The number of aromatic amines is 1. The van der Waals surface area contributed by atoms with E-state index in [-0.39, 0.29) is 37.2 Å². The van der Waals surface area contributed by atoms with E-state index < -0.39 is 47.9 Å². The summed E-state index contributed by atoms with van der Waals surface area (Å²) in [6, 6.07) is 3.38. The van der Waals surface area contributed by atoms with Gasteiger partial charge in [-0.05, 0) is 36.3 Å². The number of H-pyrrole nitrogens is 1. The van der Waals surface area contributed by atoms with Crippen molar-refractivity contribution in [2.75, 3.05) is 6.54 Å². The molecule has 0 saturated heterocycles. The maximum absolute atomic E-state index is 13.7. The van der Waals surface area contributed by atoms with Crippen LogP contribution >= 0.6 is 0 Å². The third-order valence-electron chi connectivity index (χ3n) is 7.11. The Bertz CT molecular complexity index is 1220. The number of aliphatic carboxylic acids is 1. The van der Waals surface area contributed by atoms with Crippen LogP contribution in [0.25, 0.3) is 10.9 Å². The number of benzene rings is 1. The number of fused-ring (bicyclic) bond motifs is 1. The van der Waals surface area contributed by atoms with Gasteiger partial charge in [0.05, 0.1) is 6.04 Å². The molecule has 226 valence electrons. The van der Waals surface area contributed by atoms with E-state index in [0.717, 1.165) is 16.5 Å². The molecule has 0 bridgehead atoms. The number of carbonyl (C=O) groups is 4. The number of nitrogens with zero attached hydrogens (tertiary/aromatic N) is 1. The number of guanidine groups is 1. The molecule has 0 fully saturated rings. The van der Waals surface area contributed by atoms with Crippen LogP contribution < -0.4 is 33.2 Å². The van der Waals surface area contributed by atoms with E-state index in [4.69, 9.17) is 17.2 Å². The minimum Gasteiger partial charge on any atom is -0.480 e. The zero-order valence-electron chi connectivity index (χ0n) is 24.1. The first kappa shape index (κ1) is 33.1. The summed E-state index contributed by atoms with van der Waals surface area (Å²) in [5.41, 5.74) is 18.5. The first-order chi connectivity index (χ1) is 19.3. The number of hydrogen-bond acceptors (Lipinski definition) is 6. The van der Waals surface area contributed by atoms with Crippen molar-refractivity contribution in [3.8, 4) is 0 Å². The lowest BCUT2D eigenvalue weighted by Crippen LogP contribution is -2.58. The molecule has 0 aliphatic rings. The van der Waals surface area contributed by atoms with Crippen molar-refractivity contribution in [1.29, 1.82) is 0 Å². The van der Waals surface area contributed by atoms with Crippen molar-refractivity contribution in [3.63, 3.8) is 0 Å². The lowest BCUT2D eigenvalue weighted by atomic mass is 9.98. The summed E-state index contributed by atoms with van der Waals surface area (Å²) in [5, 5.41) is 18.6. The van der Waals surface area contributed by atoms with Gasteiger partial charge in [0.25, 0.3) is 0 Å². The number of aliphatic imine (C=N–C) groups is 1. The molecule has 41 heavy (non-hydrogen) atoms. The minimum absolute atomic E-state index is 0.110. The molecular formula is C28H44N8O5. The van der Waals surface area contributed by atoms with Crippen LogP contribution in [0.15, 0.2) is 35.5 Å². The average molecular weight is 573 g/mol. The van der Waals surface area contributed by atoms with Crippen molar-refractivity contribution in [1.82, 2.24) is 20.9 Å². The SMILES string of the molecule is CCC(C)C(NC(=O)C(CCCN=C(N)N)NC(=O)C(Cc1c[nH]c2ccccc12)NC(=O)C(N)C(C)C)C(=O)O. The quantitative estimate of drug-likeness (QED) is 0.0791. The maximum atomic E-state index is 13.7. The fourth-order valence-electron chi connectivity index (χ4n) is 4.28. The number of para-hydroxylation sites is 1. The number of carboxylic acid groups (broad SMARTS) is 1. The Balaban J connectivity index is 2.34. The fourth-order valence-corrected chi connectivity index (χ4v) is 4.28. The van der Waals surface area contributed by atoms with Gasteiger partial charge in [0.2, 0.25) is 17.7 Å². The lowest BCUT2D eigenvalue weighted by molar-refractivity contribution is -0.144. The van der Waals surface area contributed by atoms with Crippen LogP contribution in [0, 0.1) is 11.8 Å². The fraction of sp³-hybridized carbons (Fsp3) is 0.536. The molecule has 0 saturated carbocycles. The van der Waals surface area contributed by atoms with Gasteiger partial charge in [-0.15, -0.1) is 0 Å². The van der Waals surface area contributed by atoms with Crippen molar-refractivity contribution < 1.29 is 24.3 Å². The Labute approximate surface area is 240 Å². The summed E-state index contributed by atoms with van der Waals surface area (Å²) in [7, 11) is 0. The monoisotopic (exact) mass is 572 g/mol. The summed E-state index contributed by atoms with van der Waals surface area (Å²) in [6.45, 7) is 7.34. The highest BCUT2D eigenvalue weighted by atomic mass is 16.4. The second-order valence-electron chi connectivity index (χ2n) is 10.6. The second-order valence-corrected chi connectivity index (χ2v) is 10.6.